The Morgan fingerprint density at radius 1 is 1.21 bits per heavy atom. The van der Waals surface area contributed by atoms with Crippen LogP contribution in [0, 0.1) is 11.3 Å². The number of hydrogen-bond acceptors (Lipinski definition) is 5. The first kappa shape index (κ1) is 20.1. The Bertz CT molecular complexity index is 929. The van der Waals surface area contributed by atoms with Gasteiger partial charge in [-0.15, -0.1) is 11.3 Å². The van der Waals surface area contributed by atoms with E-state index >= 15 is 0 Å². The van der Waals surface area contributed by atoms with Gasteiger partial charge in [0.2, 0.25) is 0 Å². The lowest BCUT2D eigenvalue weighted by molar-refractivity contribution is 0.0934. The highest BCUT2D eigenvalue weighted by Gasteiger charge is 2.36. The fourth-order valence-electron chi connectivity index (χ4n) is 4.34. The van der Waals surface area contributed by atoms with Gasteiger partial charge in [-0.3, -0.25) is 4.79 Å². The molecule has 0 bridgehead atoms. The minimum atomic E-state index is -0.280. The lowest BCUT2D eigenvalue weighted by atomic mass is 9.72. The van der Waals surface area contributed by atoms with Gasteiger partial charge < -0.3 is 20.1 Å². The molecule has 5 nitrogen and oxygen atoms in total. The lowest BCUT2D eigenvalue weighted by Crippen LogP contribution is -2.38. The van der Waals surface area contributed by atoms with Crippen molar-refractivity contribution in [2.24, 2.45) is 11.3 Å². The molecule has 0 fully saturated rings. The summed E-state index contributed by atoms with van der Waals surface area (Å²) in [6, 6.07) is 5.80. The number of nitrogens with one attached hydrogen (secondary N) is 2. The van der Waals surface area contributed by atoms with Crippen molar-refractivity contribution < 1.29 is 14.3 Å². The zero-order valence-corrected chi connectivity index (χ0v) is 18.7. The Morgan fingerprint density at radius 3 is 2.69 bits per heavy atom. The third-order valence-corrected chi connectivity index (χ3v) is 7.27. The monoisotopic (exact) mass is 414 g/mol. The maximum absolute atomic E-state index is 13.0. The third-order valence-electron chi connectivity index (χ3n) is 6.09. The maximum Gasteiger partial charge on any atom is 0.256 e. The van der Waals surface area contributed by atoms with E-state index in [0.717, 1.165) is 35.4 Å². The van der Waals surface area contributed by atoms with Crippen molar-refractivity contribution in [2.45, 2.75) is 53.1 Å². The van der Waals surface area contributed by atoms with Gasteiger partial charge in [-0.1, -0.05) is 26.8 Å². The molecule has 2 heterocycles. The predicted octanol–water partition coefficient (Wildman–Crippen LogP) is 5.16. The average Bonchev–Trinajstić information content (AvgIpc) is 3.06. The largest absolute Gasteiger partial charge is 0.493 e. The smallest absolute Gasteiger partial charge is 0.256 e. The molecule has 0 spiro atoms. The molecule has 2 N–H and O–H groups in total. The molecule has 2 unspecified atom stereocenters. The molecule has 0 radical (unpaired) electrons. The molecule has 1 aliphatic carbocycles. The first-order valence-electron chi connectivity index (χ1n) is 10.3. The average molecular weight is 415 g/mol. The number of thiophene rings is 1. The Balaban J connectivity index is 1.62. The van der Waals surface area contributed by atoms with Gasteiger partial charge in [0, 0.05) is 4.88 Å². The zero-order chi connectivity index (χ0) is 20.8. The highest BCUT2D eigenvalue weighted by molar-refractivity contribution is 7.16. The SMILES string of the molecule is CCOc1ccc(C2NC(=O)c3c(sc4c3CCC(C(C)(C)C)C4)N2)cc1OC. The highest BCUT2D eigenvalue weighted by atomic mass is 32.1. The second kappa shape index (κ2) is 7.56. The molecule has 1 aromatic heterocycles. The van der Waals surface area contributed by atoms with Gasteiger partial charge in [-0.25, -0.2) is 0 Å². The van der Waals surface area contributed by atoms with Gasteiger partial charge in [-0.05, 0) is 60.8 Å². The Kier molecular flexibility index (Phi) is 5.23. The second-order valence-corrected chi connectivity index (χ2v) is 10.0. The number of amides is 1. The van der Waals surface area contributed by atoms with Crippen LogP contribution in [0.3, 0.4) is 0 Å². The number of ether oxygens (including phenoxy) is 2. The summed E-state index contributed by atoms with van der Waals surface area (Å²) in [4.78, 5) is 14.4. The van der Waals surface area contributed by atoms with Gasteiger partial charge in [-0.2, -0.15) is 0 Å². The molecule has 0 saturated carbocycles. The van der Waals surface area contributed by atoms with Crippen LogP contribution in [-0.2, 0) is 12.8 Å². The molecule has 1 aliphatic heterocycles. The molecule has 6 heteroatoms. The quantitative estimate of drug-likeness (QED) is 0.725. The van der Waals surface area contributed by atoms with Crippen molar-refractivity contribution in [3.8, 4) is 11.5 Å². The van der Waals surface area contributed by atoms with E-state index in [1.807, 2.05) is 25.1 Å². The molecular weight excluding hydrogens is 384 g/mol. The minimum absolute atomic E-state index is 0.0170. The number of hydrogen-bond donors (Lipinski definition) is 2. The summed E-state index contributed by atoms with van der Waals surface area (Å²) in [6.45, 7) is 9.47. The molecule has 1 aromatic carbocycles. The Hall–Kier alpha value is -2.21. The topological polar surface area (TPSA) is 59.6 Å². The standard InChI is InChI=1S/C23H30N2O3S/c1-6-28-16-10-7-13(11-17(16)27-5)20-24-21(26)19-15-9-8-14(23(2,3)4)12-18(15)29-22(19)25-20/h7,10-11,14,20,25H,6,8-9,12H2,1-5H3,(H,24,26). The van der Waals surface area contributed by atoms with E-state index in [4.69, 9.17) is 9.47 Å². The summed E-state index contributed by atoms with van der Waals surface area (Å²) in [7, 11) is 1.63. The normalized spacial score (nSPS) is 20.9. The Morgan fingerprint density at radius 2 is 2.00 bits per heavy atom. The van der Waals surface area contributed by atoms with Crippen molar-refractivity contribution in [3.05, 3.63) is 39.8 Å². The number of benzene rings is 1. The number of rotatable bonds is 4. The molecule has 2 aliphatic rings. The summed E-state index contributed by atoms with van der Waals surface area (Å²) in [5, 5.41) is 7.67. The van der Waals surface area contributed by atoms with Gasteiger partial charge in [0.1, 0.15) is 11.2 Å². The number of fused-ring (bicyclic) bond motifs is 3. The number of methoxy groups -OCH3 is 1. The van der Waals surface area contributed by atoms with Gasteiger partial charge in [0.15, 0.2) is 11.5 Å². The summed E-state index contributed by atoms with van der Waals surface area (Å²) >= 11 is 1.75. The second-order valence-electron chi connectivity index (χ2n) is 8.91. The van der Waals surface area contributed by atoms with Crippen LogP contribution in [0.15, 0.2) is 18.2 Å². The first-order valence-corrected chi connectivity index (χ1v) is 11.2. The summed E-state index contributed by atoms with van der Waals surface area (Å²) in [5.41, 5.74) is 3.34. The van der Waals surface area contributed by atoms with E-state index < -0.39 is 0 Å². The molecule has 0 saturated heterocycles. The summed E-state index contributed by atoms with van der Waals surface area (Å²) in [5.74, 6) is 2.05. The van der Waals surface area contributed by atoms with Gasteiger partial charge in [0.25, 0.3) is 5.91 Å². The number of carbonyl (C=O) groups is 1. The molecule has 2 atom stereocenters. The van der Waals surface area contributed by atoms with Crippen LogP contribution in [0.5, 0.6) is 11.5 Å². The van der Waals surface area contributed by atoms with Crippen LogP contribution >= 0.6 is 11.3 Å². The maximum atomic E-state index is 13.0. The zero-order valence-electron chi connectivity index (χ0n) is 17.8. The third kappa shape index (κ3) is 3.70. The molecule has 2 aromatic rings. The van der Waals surface area contributed by atoms with Crippen LogP contribution < -0.4 is 20.1 Å². The van der Waals surface area contributed by atoms with Crippen LogP contribution in [0.2, 0.25) is 0 Å². The molecule has 29 heavy (non-hydrogen) atoms. The summed E-state index contributed by atoms with van der Waals surface area (Å²) < 4.78 is 11.1. The van der Waals surface area contributed by atoms with E-state index in [0.29, 0.717) is 29.4 Å². The van der Waals surface area contributed by atoms with Crippen LogP contribution in [0.4, 0.5) is 5.00 Å². The number of anilines is 1. The number of carbonyl (C=O) groups excluding carboxylic acids is 1. The van der Waals surface area contributed by atoms with Crippen LogP contribution in [0.1, 0.15) is 66.6 Å². The fraction of sp³-hybridized carbons (Fsp3) is 0.522. The minimum Gasteiger partial charge on any atom is -0.493 e. The van der Waals surface area contributed by atoms with E-state index in [-0.39, 0.29) is 12.1 Å². The molecular formula is C23H30N2O3S. The fourth-order valence-corrected chi connectivity index (χ4v) is 5.70. The molecule has 1 amide bonds. The Labute approximate surface area is 176 Å². The van der Waals surface area contributed by atoms with Crippen molar-refractivity contribution in [3.63, 3.8) is 0 Å². The molecule has 4 rings (SSSR count). The summed E-state index contributed by atoms with van der Waals surface area (Å²) in [6.07, 6.45) is 2.91. The first-order chi connectivity index (χ1) is 13.8. The van der Waals surface area contributed by atoms with Crippen molar-refractivity contribution in [1.82, 2.24) is 5.32 Å². The lowest BCUT2D eigenvalue weighted by Gasteiger charge is -2.34. The molecule has 156 valence electrons. The van der Waals surface area contributed by atoms with Crippen LogP contribution in [0.25, 0.3) is 0 Å². The van der Waals surface area contributed by atoms with E-state index in [1.165, 1.54) is 10.4 Å². The predicted molar refractivity (Wildman–Crippen MR) is 117 cm³/mol. The van der Waals surface area contributed by atoms with Crippen LogP contribution in [-0.4, -0.2) is 19.6 Å². The van der Waals surface area contributed by atoms with Crippen molar-refractivity contribution in [1.29, 1.82) is 0 Å². The van der Waals surface area contributed by atoms with E-state index in [9.17, 15) is 4.79 Å². The van der Waals surface area contributed by atoms with Gasteiger partial charge >= 0.3 is 0 Å². The van der Waals surface area contributed by atoms with E-state index in [2.05, 4.69) is 31.4 Å². The van der Waals surface area contributed by atoms with Gasteiger partial charge in [0.05, 0.1) is 19.3 Å². The van der Waals surface area contributed by atoms with Crippen molar-refractivity contribution >= 4 is 22.2 Å². The van der Waals surface area contributed by atoms with E-state index in [1.54, 1.807) is 18.4 Å². The van der Waals surface area contributed by atoms with Crippen molar-refractivity contribution in [2.75, 3.05) is 19.0 Å². The highest BCUT2D eigenvalue weighted by Crippen LogP contribution is 2.46.